The van der Waals surface area contributed by atoms with E-state index in [-0.39, 0.29) is 32.6 Å². The molecule has 37 heavy (non-hydrogen) atoms. The van der Waals surface area contributed by atoms with E-state index in [0.717, 1.165) is 30.2 Å². The third-order valence-electron chi connectivity index (χ3n) is 5.52. The molecule has 0 radical (unpaired) electrons. The first-order chi connectivity index (χ1) is 17.5. The van der Waals surface area contributed by atoms with Crippen LogP contribution in [0.15, 0.2) is 61.2 Å². The van der Waals surface area contributed by atoms with Gasteiger partial charge in [-0.05, 0) is 54.5 Å². The number of halogens is 5. The van der Waals surface area contributed by atoms with E-state index in [1.807, 2.05) is 0 Å². The second-order valence-electron chi connectivity index (χ2n) is 7.89. The van der Waals surface area contributed by atoms with Crippen molar-refractivity contribution in [3.63, 3.8) is 0 Å². The van der Waals surface area contributed by atoms with Crippen LogP contribution in [0.2, 0.25) is 10.0 Å². The molecule has 1 aliphatic rings. The molecule has 1 atom stereocenters. The lowest BCUT2D eigenvalue weighted by molar-refractivity contribution is -0.269. The van der Waals surface area contributed by atoms with Gasteiger partial charge in [0.1, 0.15) is 6.33 Å². The number of methoxy groups -OCH3 is 1. The number of amides is 2. The van der Waals surface area contributed by atoms with Gasteiger partial charge in [0.2, 0.25) is 5.60 Å². The third-order valence-corrected chi connectivity index (χ3v) is 5.95. The van der Waals surface area contributed by atoms with Gasteiger partial charge in [0.25, 0.3) is 5.91 Å². The second kappa shape index (κ2) is 10.0. The number of hydrogen-bond acceptors (Lipinski definition) is 7. The summed E-state index contributed by atoms with van der Waals surface area (Å²) in [5.74, 6) is -0.742. The molecule has 0 spiro atoms. The van der Waals surface area contributed by atoms with Gasteiger partial charge in [-0.2, -0.15) is 13.2 Å². The van der Waals surface area contributed by atoms with Crippen LogP contribution >= 0.6 is 23.2 Å². The van der Waals surface area contributed by atoms with Gasteiger partial charge >= 0.3 is 12.3 Å². The number of nitrogens with zero attached hydrogens (tertiary/aromatic N) is 3. The van der Waals surface area contributed by atoms with Crippen molar-refractivity contribution < 1.29 is 32.3 Å². The summed E-state index contributed by atoms with van der Waals surface area (Å²) in [5.41, 5.74) is -0.0251. The maximum Gasteiger partial charge on any atom is 0.428 e. The molecule has 0 saturated heterocycles. The molecule has 3 aromatic rings. The highest BCUT2D eigenvalue weighted by atomic mass is 35.5. The van der Waals surface area contributed by atoms with Crippen LogP contribution in [0.25, 0.3) is 5.70 Å². The number of nitrogens with one attached hydrogen (secondary N) is 1. The van der Waals surface area contributed by atoms with Gasteiger partial charge in [0, 0.05) is 21.2 Å². The molecule has 13 heteroatoms. The third kappa shape index (κ3) is 4.97. The molecule has 2 heterocycles. The van der Waals surface area contributed by atoms with Crippen molar-refractivity contribution in [3.05, 3.63) is 93.5 Å². The number of carbonyl (C=O) groups excluding carboxylic acids is 2. The summed E-state index contributed by atoms with van der Waals surface area (Å²) in [5, 5.41) is 0.0172. The molecule has 192 valence electrons. The molecule has 0 bridgehead atoms. The Hall–Kier alpha value is -3.67. The number of benzene rings is 2. The lowest BCUT2D eigenvalue weighted by Gasteiger charge is -2.28. The summed E-state index contributed by atoms with van der Waals surface area (Å²) in [7, 11) is 1.11. The first-order valence-corrected chi connectivity index (χ1v) is 11.2. The monoisotopic (exact) mass is 552 g/mol. The molecule has 0 fully saturated rings. The van der Waals surface area contributed by atoms with Gasteiger partial charge < -0.3 is 4.74 Å². The first kappa shape index (κ1) is 26.4. The average Bonchev–Trinajstić information content (AvgIpc) is 3.31. The van der Waals surface area contributed by atoms with Crippen molar-refractivity contribution in [2.75, 3.05) is 12.0 Å². The topological polar surface area (TPSA) is 93.7 Å². The summed E-state index contributed by atoms with van der Waals surface area (Å²) >= 11 is 11.9. The Balaban J connectivity index is 1.73. The van der Waals surface area contributed by atoms with Crippen LogP contribution in [0.3, 0.4) is 0 Å². The van der Waals surface area contributed by atoms with Crippen molar-refractivity contribution in [3.8, 4) is 0 Å². The number of hydrogen-bond donors (Lipinski definition) is 1. The molecule has 0 aliphatic carbocycles. The fourth-order valence-electron chi connectivity index (χ4n) is 3.75. The highest BCUT2D eigenvalue weighted by Crippen LogP contribution is 2.48. The lowest BCUT2D eigenvalue weighted by atomic mass is 9.91. The van der Waals surface area contributed by atoms with Crippen LogP contribution in [0.1, 0.15) is 27.0 Å². The number of rotatable bonds is 4. The van der Waals surface area contributed by atoms with E-state index in [1.54, 1.807) is 6.92 Å². The highest BCUT2D eigenvalue weighted by Gasteiger charge is 2.59. The zero-order valence-electron chi connectivity index (χ0n) is 19.1. The molecule has 4 rings (SSSR count). The Morgan fingerprint density at radius 1 is 1.08 bits per heavy atom. The van der Waals surface area contributed by atoms with Crippen molar-refractivity contribution in [2.45, 2.75) is 18.7 Å². The van der Waals surface area contributed by atoms with Gasteiger partial charge in [-0.15, -0.1) is 0 Å². The normalized spacial score (nSPS) is 17.1. The average molecular weight is 553 g/mol. The molecule has 1 aromatic heterocycles. The van der Waals surface area contributed by atoms with E-state index >= 15 is 0 Å². The van der Waals surface area contributed by atoms with Crippen LogP contribution in [-0.4, -0.2) is 35.3 Å². The SMILES string of the molecule is COC(=O)N(C(=O)c1ccc(C2=CC(c3cc(Cl)cc(Cl)c3)(C(F)(F)F)ON2)cc1C)c1cncnc1. The van der Waals surface area contributed by atoms with Crippen molar-refractivity contribution in [2.24, 2.45) is 0 Å². The number of hydroxylamine groups is 1. The largest absolute Gasteiger partial charge is 0.452 e. The van der Waals surface area contributed by atoms with E-state index in [1.165, 1.54) is 43.0 Å². The molecule has 0 saturated carbocycles. The zero-order valence-corrected chi connectivity index (χ0v) is 20.6. The zero-order chi connectivity index (χ0) is 27.0. The Labute approximate surface area is 218 Å². The first-order valence-electron chi connectivity index (χ1n) is 10.5. The van der Waals surface area contributed by atoms with Crippen molar-refractivity contribution in [1.29, 1.82) is 0 Å². The minimum atomic E-state index is -4.88. The summed E-state index contributed by atoms with van der Waals surface area (Å²) in [6.45, 7) is 1.57. The fourth-order valence-corrected chi connectivity index (χ4v) is 4.28. The Kier molecular flexibility index (Phi) is 7.13. The Morgan fingerprint density at radius 2 is 1.73 bits per heavy atom. The number of alkyl halides is 3. The minimum absolute atomic E-state index is 0.00296. The second-order valence-corrected chi connectivity index (χ2v) is 8.76. The smallest absolute Gasteiger partial charge is 0.428 e. The molecule has 8 nitrogen and oxygen atoms in total. The number of carbonyl (C=O) groups is 2. The standard InChI is InChI=1S/C24H17Cl2F3N4O4/c1-13-5-14(3-4-19(13)21(34)33(22(35)36-2)18-10-30-12-31-11-18)20-9-23(37-32-20,24(27,28)29)15-6-16(25)8-17(26)7-15/h3-12,32H,1-2H3. The summed E-state index contributed by atoms with van der Waals surface area (Å²) in [6.07, 6.45) is -1.23. The van der Waals surface area contributed by atoms with Gasteiger partial charge in [-0.25, -0.2) is 19.7 Å². The molecule has 2 amide bonds. The Morgan fingerprint density at radius 3 is 2.30 bits per heavy atom. The van der Waals surface area contributed by atoms with E-state index in [2.05, 4.69) is 15.4 Å². The van der Waals surface area contributed by atoms with E-state index in [9.17, 15) is 22.8 Å². The maximum absolute atomic E-state index is 14.3. The van der Waals surface area contributed by atoms with E-state index in [4.69, 9.17) is 32.8 Å². The van der Waals surface area contributed by atoms with Crippen LogP contribution in [0.5, 0.6) is 0 Å². The number of aryl methyl sites for hydroxylation is 1. The highest BCUT2D eigenvalue weighted by molar-refractivity contribution is 6.34. The number of aromatic nitrogens is 2. The molecular formula is C24H17Cl2F3N4O4. The van der Waals surface area contributed by atoms with E-state index in [0.29, 0.717) is 11.1 Å². The summed E-state index contributed by atoms with van der Waals surface area (Å²) in [6, 6.07) is 7.80. The summed E-state index contributed by atoms with van der Waals surface area (Å²) < 4.78 is 47.5. The molecule has 2 aromatic carbocycles. The predicted octanol–water partition coefficient (Wildman–Crippen LogP) is 5.84. The molecular weight excluding hydrogens is 536 g/mol. The van der Waals surface area contributed by atoms with Gasteiger partial charge in [0.15, 0.2) is 0 Å². The van der Waals surface area contributed by atoms with Gasteiger partial charge in [-0.3, -0.25) is 15.1 Å². The van der Waals surface area contributed by atoms with Gasteiger partial charge in [-0.1, -0.05) is 29.3 Å². The lowest BCUT2D eigenvalue weighted by Crippen LogP contribution is -2.42. The number of anilines is 1. The Bertz CT molecular complexity index is 1380. The van der Waals surface area contributed by atoms with Crippen LogP contribution < -0.4 is 10.4 Å². The van der Waals surface area contributed by atoms with Crippen LogP contribution in [0, 0.1) is 6.92 Å². The maximum atomic E-state index is 14.3. The minimum Gasteiger partial charge on any atom is -0.452 e. The molecule has 1 unspecified atom stereocenters. The number of ether oxygens (including phenoxy) is 1. The van der Waals surface area contributed by atoms with Crippen LogP contribution in [0.4, 0.5) is 23.7 Å². The fraction of sp³-hybridized carbons (Fsp3) is 0.167. The van der Waals surface area contributed by atoms with Gasteiger partial charge in [0.05, 0.1) is 30.9 Å². The van der Waals surface area contributed by atoms with Crippen LogP contribution in [-0.2, 0) is 15.2 Å². The quantitative estimate of drug-likeness (QED) is 0.434. The number of imide groups is 1. The molecule has 1 aliphatic heterocycles. The van der Waals surface area contributed by atoms with Crippen molar-refractivity contribution >= 4 is 46.6 Å². The summed E-state index contributed by atoms with van der Waals surface area (Å²) in [4.78, 5) is 39.0. The predicted molar refractivity (Wildman–Crippen MR) is 129 cm³/mol. The van der Waals surface area contributed by atoms with Crippen molar-refractivity contribution in [1.82, 2.24) is 15.4 Å². The molecule has 1 N–H and O–H groups in total. The van der Waals surface area contributed by atoms with E-state index < -0.39 is 23.8 Å².